The number of rotatable bonds is 3. The molecule has 116 valence electrons. The van der Waals surface area contributed by atoms with Gasteiger partial charge >= 0.3 is 0 Å². The number of amides is 1. The molecule has 0 aromatic carbocycles. The number of piperazine rings is 1. The predicted octanol–water partition coefficient (Wildman–Crippen LogP) is -1.07. The molecule has 0 saturated carbocycles. The molecular formula is C14H28N4O2. The van der Waals surface area contributed by atoms with Gasteiger partial charge in [-0.3, -0.25) is 9.69 Å². The number of likely N-dealkylation sites (tertiary alicyclic amines) is 1. The predicted molar refractivity (Wildman–Crippen MR) is 78.3 cm³/mol. The van der Waals surface area contributed by atoms with Gasteiger partial charge in [0.05, 0.1) is 6.10 Å². The number of nitrogens with zero attached hydrogens (tertiary/aromatic N) is 3. The van der Waals surface area contributed by atoms with Crippen LogP contribution in [0.2, 0.25) is 0 Å². The fraction of sp³-hybridized carbons (Fsp3) is 0.929. The third kappa shape index (κ3) is 3.69. The Morgan fingerprint density at radius 2 is 1.70 bits per heavy atom. The van der Waals surface area contributed by atoms with Gasteiger partial charge in [0.25, 0.3) is 0 Å². The third-order valence-corrected chi connectivity index (χ3v) is 4.64. The molecule has 0 unspecified atom stereocenters. The summed E-state index contributed by atoms with van der Waals surface area (Å²) in [6.45, 7) is 7.20. The summed E-state index contributed by atoms with van der Waals surface area (Å²) in [7, 11) is 2.17. The minimum atomic E-state index is -0.787. The van der Waals surface area contributed by atoms with Crippen LogP contribution in [0, 0.1) is 0 Å². The minimum Gasteiger partial charge on any atom is -0.391 e. The van der Waals surface area contributed by atoms with Crippen molar-refractivity contribution >= 4 is 5.91 Å². The molecule has 2 atom stereocenters. The van der Waals surface area contributed by atoms with Crippen LogP contribution >= 0.6 is 0 Å². The van der Waals surface area contributed by atoms with Crippen LogP contribution in [0.15, 0.2) is 0 Å². The van der Waals surface area contributed by atoms with E-state index in [0.717, 1.165) is 39.3 Å². The molecule has 6 heteroatoms. The Bertz CT molecular complexity index is 321. The molecule has 0 bridgehead atoms. The zero-order valence-corrected chi connectivity index (χ0v) is 12.7. The number of aliphatic hydroxyl groups is 1. The van der Waals surface area contributed by atoms with Gasteiger partial charge in [0.15, 0.2) is 0 Å². The first-order chi connectivity index (χ1) is 9.49. The van der Waals surface area contributed by atoms with Gasteiger partial charge in [-0.1, -0.05) is 0 Å². The topological polar surface area (TPSA) is 73.0 Å². The van der Waals surface area contributed by atoms with Gasteiger partial charge in [-0.15, -0.1) is 0 Å². The first kappa shape index (κ1) is 15.7. The summed E-state index contributed by atoms with van der Waals surface area (Å²) < 4.78 is 0. The van der Waals surface area contributed by atoms with E-state index >= 15 is 0 Å². The smallest absolute Gasteiger partial charge is 0.242 e. The second-order valence-electron chi connectivity index (χ2n) is 6.16. The van der Waals surface area contributed by atoms with Crippen molar-refractivity contribution in [3.05, 3.63) is 0 Å². The second kappa shape index (κ2) is 6.85. The second-order valence-corrected chi connectivity index (χ2v) is 6.16. The standard InChI is InChI=1S/C14H28N4O2/c1-11(19)13(15)14(20)18-9-7-17(8-10-18)12-3-5-16(2)6-4-12/h11-13,19H,3-10,15H2,1-2H3/t11-,13-/m1/s1. The molecular weight excluding hydrogens is 256 g/mol. The Kier molecular flexibility index (Phi) is 5.37. The maximum absolute atomic E-state index is 12.1. The van der Waals surface area contributed by atoms with Crippen LogP contribution in [0.3, 0.4) is 0 Å². The van der Waals surface area contributed by atoms with E-state index in [-0.39, 0.29) is 5.91 Å². The molecule has 2 saturated heterocycles. The fourth-order valence-corrected chi connectivity index (χ4v) is 3.08. The lowest BCUT2D eigenvalue weighted by atomic mass is 10.0. The lowest BCUT2D eigenvalue weighted by Crippen LogP contribution is -2.58. The highest BCUT2D eigenvalue weighted by Gasteiger charge is 2.30. The maximum Gasteiger partial charge on any atom is 0.242 e. The monoisotopic (exact) mass is 284 g/mol. The fourth-order valence-electron chi connectivity index (χ4n) is 3.08. The lowest BCUT2D eigenvalue weighted by molar-refractivity contribution is -0.137. The maximum atomic E-state index is 12.1. The summed E-state index contributed by atoms with van der Waals surface area (Å²) >= 11 is 0. The Hall–Kier alpha value is -0.690. The van der Waals surface area contributed by atoms with Gasteiger partial charge in [-0.25, -0.2) is 0 Å². The van der Waals surface area contributed by atoms with E-state index in [2.05, 4.69) is 16.8 Å². The number of hydrogen-bond donors (Lipinski definition) is 2. The van der Waals surface area contributed by atoms with E-state index in [1.54, 1.807) is 11.8 Å². The summed E-state index contributed by atoms with van der Waals surface area (Å²) in [5.41, 5.74) is 5.72. The first-order valence-corrected chi connectivity index (χ1v) is 7.64. The van der Waals surface area contributed by atoms with Crippen LogP contribution in [0.25, 0.3) is 0 Å². The van der Waals surface area contributed by atoms with E-state index in [1.165, 1.54) is 12.8 Å². The molecule has 2 fully saturated rings. The van der Waals surface area contributed by atoms with Crippen molar-refractivity contribution in [1.82, 2.24) is 14.7 Å². The van der Waals surface area contributed by atoms with Crippen LogP contribution < -0.4 is 5.73 Å². The molecule has 2 rings (SSSR count). The van der Waals surface area contributed by atoms with Crippen molar-refractivity contribution in [2.75, 3.05) is 46.3 Å². The molecule has 2 aliphatic rings. The first-order valence-electron chi connectivity index (χ1n) is 7.64. The molecule has 0 aliphatic carbocycles. The number of nitrogens with two attached hydrogens (primary N) is 1. The van der Waals surface area contributed by atoms with Crippen molar-refractivity contribution in [2.45, 2.75) is 38.0 Å². The zero-order valence-electron chi connectivity index (χ0n) is 12.7. The normalized spacial score (nSPS) is 26.5. The molecule has 3 N–H and O–H groups in total. The molecule has 2 heterocycles. The van der Waals surface area contributed by atoms with Gasteiger partial charge < -0.3 is 20.6 Å². The average Bonchev–Trinajstić information content (AvgIpc) is 2.46. The van der Waals surface area contributed by atoms with E-state index in [9.17, 15) is 9.90 Å². The summed E-state index contributed by atoms with van der Waals surface area (Å²) in [5, 5.41) is 9.42. The number of piperidine rings is 1. The summed E-state index contributed by atoms with van der Waals surface area (Å²) in [4.78, 5) is 18.8. The minimum absolute atomic E-state index is 0.122. The molecule has 0 aromatic heterocycles. The van der Waals surface area contributed by atoms with E-state index < -0.39 is 12.1 Å². The van der Waals surface area contributed by atoms with Crippen molar-refractivity contribution in [2.24, 2.45) is 5.73 Å². The molecule has 0 radical (unpaired) electrons. The van der Waals surface area contributed by atoms with Gasteiger partial charge in [-0.2, -0.15) is 0 Å². The number of carbonyl (C=O) groups is 1. The highest BCUT2D eigenvalue weighted by molar-refractivity contribution is 5.82. The lowest BCUT2D eigenvalue weighted by Gasteiger charge is -2.42. The largest absolute Gasteiger partial charge is 0.391 e. The highest BCUT2D eigenvalue weighted by Crippen LogP contribution is 2.17. The van der Waals surface area contributed by atoms with E-state index in [0.29, 0.717) is 6.04 Å². The molecule has 6 nitrogen and oxygen atoms in total. The number of carbonyl (C=O) groups excluding carboxylic acids is 1. The Balaban J connectivity index is 1.79. The molecule has 2 aliphatic heterocycles. The molecule has 0 aromatic rings. The van der Waals surface area contributed by atoms with Crippen molar-refractivity contribution in [3.63, 3.8) is 0 Å². The van der Waals surface area contributed by atoms with Crippen molar-refractivity contribution in [1.29, 1.82) is 0 Å². The van der Waals surface area contributed by atoms with Crippen LogP contribution in [-0.4, -0.2) is 90.2 Å². The Morgan fingerprint density at radius 1 is 1.15 bits per heavy atom. The van der Waals surface area contributed by atoms with Gasteiger partial charge in [0, 0.05) is 32.2 Å². The average molecular weight is 284 g/mol. The van der Waals surface area contributed by atoms with Crippen molar-refractivity contribution < 1.29 is 9.90 Å². The Labute approximate surface area is 121 Å². The van der Waals surface area contributed by atoms with Gasteiger partial charge in [0.1, 0.15) is 6.04 Å². The van der Waals surface area contributed by atoms with Crippen LogP contribution in [0.1, 0.15) is 19.8 Å². The SMILES string of the molecule is C[C@@H](O)[C@@H](N)C(=O)N1CCN(C2CCN(C)CC2)CC1. The number of hydrogen-bond acceptors (Lipinski definition) is 5. The molecule has 1 amide bonds. The van der Waals surface area contributed by atoms with Crippen LogP contribution in [0.4, 0.5) is 0 Å². The molecule has 0 spiro atoms. The van der Waals surface area contributed by atoms with E-state index in [1.807, 2.05) is 0 Å². The van der Waals surface area contributed by atoms with Gasteiger partial charge in [-0.05, 0) is 39.9 Å². The zero-order chi connectivity index (χ0) is 14.7. The van der Waals surface area contributed by atoms with E-state index in [4.69, 9.17) is 5.73 Å². The number of aliphatic hydroxyl groups excluding tert-OH is 1. The third-order valence-electron chi connectivity index (χ3n) is 4.64. The highest BCUT2D eigenvalue weighted by atomic mass is 16.3. The van der Waals surface area contributed by atoms with Crippen molar-refractivity contribution in [3.8, 4) is 0 Å². The van der Waals surface area contributed by atoms with Gasteiger partial charge in [0.2, 0.25) is 5.91 Å². The quantitative estimate of drug-likeness (QED) is 0.691. The summed E-state index contributed by atoms with van der Waals surface area (Å²) in [6.07, 6.45) is 1.66. The summed E-state index contributed by atoms with van der Waals surface area (Å²) in [6, 6.07) is -0.126. The summed E-state index contributed by atoms with van der Waals surface area (Å²) in [5.74, 6) is -0.122. The molecule has 20 heavy (non-hydrogen) atoms. The van der Waals surface area contributed by atoms with Crippen LogP contribution in [-0.2, 0) is 4.79 Å². The van der Waals surface area contributed by atoms with Crippen LogP contribution in [0.5, 0.6) is 0 Å². The Morgan fingerprint density at radius 3 is 2.20 bits per heavy atom.